The van der Waals surface area contributed by atoms with Gasteiger partial charge in [-0.2, -0.15) is 0 Å². The molecule has 0 rings (SSSR count). The summed E-state index contributed by atoms with van der Waals surface area (Å²) in [4.78, 5) is 0. The van der Waals surface area contributed by atoms with E-state index in [1.165, 1.54) is 25.7 Å². The van der Waals surface area contributed by atoms with Crippen LogP contribution in [0.4, 0.5) is 0 Å². The first-order valence-electron chi connectivity index (χ1n) is 4.22. The van der Waals surface area contributed by atoms with E-state index in [4.69, 9.17) is 4.74 Å². The lowest BCUT2D eigenvalue weighted by molar-refractivity contribution is 0.209. The van der Waals surface area contributed by atoms with Crippen LogP contribution in [-0.2, 0) is 4.74 Å². The van der Waals surface area contributed by atoms with E-state index in [-0.39, 0.29) is 0 Å². The largest absolute Gasteiger partial charge is 0.379 e. The first-order chi connectivity index (χ1) is 4.85. The van der Waals surface area contributed by atoms with E-state index in [9.17, 15) is 0 Å². The van der Waals surface area contributed by atoms with Crippen molar-refractivity contribution in [1.82, 2.24) is 0 Å². The molecule has 0 saturated heterocycles. The normalized spacial score (nSPS) is 13.5. The second-order valence-corrected chi connectivity index (χ2v) is 2.76. The summed E-state index contributed by atoms with van der Waals surface area (Å²) < 4.78 is 4.77. The van der Waals surface area contributed by atoms with E-state index >= 15 is 0 Å². The van der Waals surface area contributed by atoms with Crippen molar-refractivity contribution in [3.63, 3.8) is 0 Å². The Morgan fingerprint density at radius 1 is 1.30 bits per heavy atom. The maximum Gasteiger partial charge on any atom is 0.0700 e. The van der Waals surface area contributed by atoms with Crippen molar-refractivity contribution in [3.05, 3.63) is 7.11 Å². The third-order valence-electron chi connectivity index (χ3n) is 1.94. The van der Waals surface area contributed by atoms with Crippen LogP contribution in [-0.4, -0.2) is 6.61 Å². The van der Waals surface area contributed by atoms with Gasteiger partial charge in [-0.3, -0.25) is 0 Å². The molecule has 0 fully saturated rings. The van der Waals surface area contributed by atoms with Gasteiger partial charge in [0.1, 0.15) is 0 Å². The second kappa shape index (κ2) is 7.07. The minimum absolute atomic E-state index is 0.818. The lowest BCUT2D eigenvalue weighted by Crippen LogP contribution is -2.01. The molecule has 0 aliphatic carbocycles. The summed E-state index contributed by atoms with van der Waals surface area (Å²) in [7, 11) is 3.35. The molecule has 0 aliphatic rings. The Morgan fingerprint density at radius 3 is 2.40 bits per heavy atom. The number of ether oxygens (including phenoxy) is 1. The van der Waals surface area contributed by atoms with E-state index < -0.39 is 0 Å². The molecule has 0 N–H and O–H groups in total. The van der Waals surface area contributed by atoms with E-state index in [1.54, 1.807) is 0 Å². The van der Waals surface area contributed by atoms with Crippen molar-refractivity contribution in [2.45, 2.75) is 39.5 Å². The molecule has 10 heavy (non-hydrogen) atoms. The van der Waals surface area contributed by atoms with Crippen molar-refractivity contribution < 1.29 is 4.74 Å². The van der Waals surface area contributed by atoms with E-state index in [2.05, 4.69) is 21.0 Å². The fourth-order valence-electron chi connectivity index (χ4n) is 1.21. The highest BCUT2D eigenvalue weighted by atomic mass is 16.5. The number of hydrogen-bond acceptors (Lipinski definition) is 1. The SMILES string of the molecule is [CH2]OCCC(CC)CCC. The van der Waals surface area contributed by atoms with Gasteiger partial charge in [-0.25, -0.2) is 0 Å². The molecule has 0 spiro atoms. The maximum absolute atomic E-state index is 4.77. The molecule has 0 aromatic rings. The minimum atomic E-state index is 0.818. The Kier molecular flexibility index (Phi) is 7.04. The van der Waals surface area contributed by atoms with Crippen LogP contribution >= 0.6 is 0 Å². The molecule has 61 valence electrons. The van der Waals surface area contributed by atoms with Crippen LogP contribution in [0.3, 0.4) is 0 Å². The molecular weight excluding hydrogens is 124 g/mol. The molecule has 0 heterocycles. The van der Waals surface area contributed by atoms with Crippen LogP contribution in [0.5, 0.6) is 0 Å². The molecule has 1 atom stereocenters. The van der Waals surface area contributed by atoms with Gasteiger partial charge in [-0.1, -0.05) is 33.1 Å². The zero-order valence-electron chi connectivity index (χ0n) is 7.23. The van der Waals surface area contributed by atoms with Crippen LogP contribution < -0.4 is 0 Å². The molecule has 0 amide bonds. The lowest BCUT2D eigenvalue weighted by atomic mass is 9.98. The molecule has 0 aromatic carbocycles. The molecule has 0 aliphatic heterocycles. The Labute approximate surface area is 64.8 Å². The molecule has 1 unspecified atom stereocenters. The summed E-state index contributed by atoms with van der Waals surface area (Å²) in [5.74, 6) is 0.853. The second-order valence-electron chi connectivity index (χ2n) is 2.76. The lowest BCUT2D eigenvalue weighted by Gasteiger charge is -2.11. The predicted molar refractivity (Wildman–Crippen MR) is 44.6 cm³/mol. The van der Waals surface area contributed by atoms with Crippen molar-refractivity contribution in [2.24, 2.45) is 5.92 Å². The predicted octanol–water partition coefficient (Wildman–Crippen LogP) is 3.01. The van der Waals surface area contributed by atoms with E-state index in [0.717, 1.165) is 12.5 Å². The highest BCUT2D eigenvalue weighted by molar-refractivity contribution is 4.55. The first-order valence-corrected chi connectivity index (χ1v) is 4.22. The van der Waals surface area contributed by atoms with Gasteiger partial charge in [-0.15, -0.1) is 0 Å². The standard InChI is InChI=1S/C9H19O/c1-4-6-9(5-2)7-8-10-3/h9H,3-8H2,1-2H3. The van der Waals surface area contributed by atoms with Crippen molar-refractivity contribution in [1.29, 1.82) is 0 Å². The number of hydrogen-bond donors (Lipinski definition) is 0. The zero-order valence-corrected chi connectivity index (χ0v) is 7.23. The average Bonchev–Trinajstić information content (AvgIpc) is 1.98. The Hall–Kier alpha value is -0.0400. The maximum atomic E-state index is 4.77. The first kappa shape index (κ1) is 9.96. The van der Waals surface area contributed by atoms with Gasteiger partial charge in [0, 0.05) is 6.61 Å². The molecule has 0 aromatic heterocycles. The Balaban J connectivity index is 3.21. The monoisotopic (exact) mass is 143 g/mol. The van der Waals surface area contributed by atoms with Gasteiger partial charge in [0.25, 0.3) is 0 Å². The molecule has 0 saturated carbocycles. The molecule has 1 radical (unpaired) electrons. The summed E-state index contributed by atoms with van der Waals surface area (Å²) in [6, 6.07) is 0. The number of rotatable bonds is 6. The topological polar surface area (TPSA) is 9.23 Å². The van der Waals surface area contributed by atoms with Gasteiger partial charge >= 0.3 is 0 Å². The molecule has 1 heteroatoms. The average molecular weight is 143 g/mol. The van der Waals surface area contributed by atoms with Crippen LogP contribution in [0.25, 0.3) is 0 Å². The Morgan fingerprint density at radius 2 is 2.00 bits per heavy atom. The van der Waals surface area contributed by atoms with Gasteiger partial charge in [-0.05, 0) is 12.3 Å². The molecular formula is C9H19O. The summed E-state index contributed by atoms with van der Waals surface area (Å²) in [6.45, 7) is 5.29. The summed E-state index contributed by atoms with van der Waals surface area (Å²) in [6.07, 6.45) is 5.07. The van der Waals surface area contributed by atoms with Gasteiger partial charge in [0.2, 0.25) is 0 Å². The zero-order chi connectivity index (χ0) is 7.82. The third kappa shape index (κ3) is 4.80. The highest BCUT2D eigenvalue weighted by Gasteiger charge is 2.02. The fraction of sp³-hybridized carbons (Fsp3) is 0.889. The highest BCUT2D eigenvalue weighted by Crippen LogP contribution is 2.14. The summed E-state index contributed by atoms with van der Waals surface area (Å²) in [5.41, 5.74) is 0. The van der Waals surface area contributed by atoms with Crippen LogP contribution in [0.2, 0.25) is 0 Å². The van der Waals surface area contributed by atoms with Crippen molar-refractivity contribution in [2.75, 3.05) is 6.61 Å². The smallest absolute Gasteiger partial charge is 0.0700 e. The quantitative estimate of drug-likeness (QED) is 0.555. The van der Waals surface area contributed by atoms with E-state index in [1.807, 2.05) is 0 Å². The molecule has 1 nitrogen and oxygen atoms in total. The van der Waals surface area contributed by atoms with E-state index in [0.29, 0.717) is 0 Å². The Bertz CT molecular complexity index is 61.7. The van der Waals surface area contributed by atoms with Crippen LogP contribution in [0, 0.1) is 13.0 Å². The summed E-state index contributed by atoms with van der Waals surface area (Å²) >= 11 is 0. The van der Waals surface area contributed by atoms with Crippen molar-refractivity contribution >= 4 is 0 Å². The molecule has 0 bridgehead atoms. The third-order valence-corrected chi connectivity index (χ3v) is 1.94. The van der Waals surface area contributed by atoms with Crippen molar-refractivity contribution in [3.8, 4) is 0 Å². The summed E-state index contributed by atoms with van der Waals surface area (Å²) in [5, 5.41) is 0. The van der Waals surface area contributed by atoms with Gasteiger partial charge in [0.05, 0.1) is 7.11 Å². The van der Waals surface area contributed by atoms with Gasteiger partial charge in [0.15, 0.2) is 0 Å². The van der Waals surface area contributed by atoms with Crippen LogP contribution in [0.1, 0.15) is 39.5 Å². The van der Waals surface area contributed by atoms with Crippen LogP contribution in [0.15, 0.2) is 0 Å². The van der Waals surface area contributed by atoms with Gasteiger partial charge < -0.3 is 4.74 Å². The fourth-order valence-corrected chi connectivity index (χ4v) is 1.21. The minimum Gasteiger partial charge on any atom is -0.379 e.